The van der Waals surface area contributed by atoms with E-state index in [2.05, 4.69) is 9.97 Å². The molecule has 0 unspecified atom stereocenters. The second kappa shape index (κ2) is 7.61. The van der Waals surface area contributed by atoms with Crippen molar-refractivity contribution in [1.82, 2.24) is 14.9 Å². The number of hydrogen-bond donors (Lipinski definition) is 0. The number of aryl methyl sites for hydroxylation is 2. The Hall–Kier alpha value is -2.47. The van der Waals surface area contributed by atoms with E-state index < -0.39 is 0 Å². The van der Waals surface area contributed by atoms with Crippen LogP contribution in [0.3, 0.4) is 0 Å². The van der Waals surface area contributed by atoms with Gasteiger partial charge in [-0.1, -0.05) is 12.1 Å². The summed E-state index contributed by atoms with van der Waals surface area (Å²) in [6.07, 6.45) is 0.174. The molecule has 1 aliphatic rings. The number of methoxy groups -OCH3 is 1. The lowest BCUT2D eigenvalue weighted by Crippen LogP contribution is -2.43. The fraction of sp³-hybridized carbons (Fsp3) is 0.421. The Bertz CT molecular complexity index is 726. The van der Waals surface area contributed by atoms with E-state index in [0.717, 1.165) is 28.5 Å². The molecular formula is C19H23N3O3. The van der Waals surface area contributed by atoms with E-state index in [-0.39, 0.29) is 12.0 Å². The molecule has 6 nitrogen and oxygen atoms in total. The van der Waals surface area contributed by atoms with Gasteiger partial charge in [0.05, 0.1) is 32.4 Å². The largest absolute Gasteiger partial charge is 0.497 e. The third-order valence-corrected chi connectivity index (χ3v) is 4.25. The molecule has 25 heavy (non-hydrogen) atoms. The molecule has 1 saturated heterocycles. The third-order valence-electron chi connectivity index (χ3n) is 4.25. The molecule has 1 fully saturated rings. The van der Waals surface area contributed by atoms with Gasteiger partial charge in [-0.05, 0) is 37.6 Å². The van der Waals surface area contributed by atoms with Crippen LogP contribution in [0.4, 0.5) is 0 Å². The van der Waals surface area contributed by atoms with Gasteiger partial charge in [-0.3, -0.25) is 4.79 Å². The monoisotopic (exact) mass is 341 g/mol. The molecule has 0 aliphatic carbocycles. The van der Waals surface area contributed by atoms with Gasteiger partial charge >= 0.3 is 0 Å². The number of ether oxygens (including phenoxy) is 2. The topological polar surface area (TPSA) is 64.5 Å². The Morgan fingerprint density at radius 3 is 2.72 bits per heavy atom. The van der Waals surface area contributed by atoms with E-state index in [4.69, 9.17) is 9.47 Å². The molecule has 1 aromatic carbocycles. The van der Waals surface area contributed by atoms with Crippen LogP contribution in [-0.4, -0.2) is 47.6 Å². The average Bonchev–Trinajstić information content (AvgIpc) is 2.61. The van der Waals surface area contributed by atoms with Gasteiger partial charge in [0.2, 0.25) is 5.91 Å². The fourth-order valence-electron chi connectivity index (χ4n) is 3.00. The summed E-state index contributed by atoms with van der Waals surface area (Å²) >= 11 is 0. The van der Waals surface area contributed by atoms with Crippen molar-refractivity contribution in [3.63, 3.8) is 0 Å². The first kappa shape index (κ1) is 17.4. The molecule has 6 heteroatoms. The molecule has 1 aliphatic heterocycles. The highest BCUT2D eigenvalue weighted by atomic mass is 16.5. The summed E-state index contributed by atoms with van der Waals surface area (Å²) in [5.41, 5.74) is 2.72. The zero-order valence-electron chi connectivity index (χ0n) is 14.9. The molecular weight excluding hydrogens is 318 g/mol. The smallest absolute Gasteiger partial charge is 0.227 e. The molecule has 0 saturated carbocycles. The Balaban J connectivity index is 1.66. The lowest BCUT2D eigenvalue weighted by Gasteiger charge is -2.33. The first-order valence-electron chi connectivity index (χ1n) is 8.39. The zero-order chi connectivity index (χ0) is 17.8. The van der Waals surface area contributed by atoms with Gasteiger partial charge in [-0.25, -0.2) is 9.97 Å². The molecule has 2 heterocycles. The summed E-state index contributed by atoms with van der Waals surface area (Å²) in [5.74, 6) is 1.61. The van der Waals surface area contributed by atoms with Crippen molar-refractivity contribution >= 4 is 5.91 Å². The molecule has 1 aromatic heterocycles. The quantitative estimate of drug-likeness (QED) is 0.853. The van der Waals surface area contributed by atoms with E-state index in [1.807, 2.05) is 49.1 Å². The van der Waals surface area contributed by atoms with Crippen LogP contribution < -0.4 is 4.74 Å². The normalized spacial score (nSPS) is 17.4. The van der Waals surface area contributed by atoms with Gasteiger partial charge < -0.3 is 14.4 Å². The molecule has 1 amide bonds. The third kappa shape index (κ3) is 4.33. The number of nitrogens with zero attached hydrogens (tertiary/aromatic N) is 3. The Labute approximate surface area is 147 Å². The lowest BCUT2D eigenvalue weighted by atomic mass is 10.1. The predicted molar refractivity (Wildman–Crippen MR) is 93.5 cm³/mol. The molecule has 0 spiro atoms. The molecule has 1 atom stereocenters. The van der Waals surface area contributed by atoms with Crippen LogP contribution in [0.15, 0.2) is 30.3 Å². The number of morpholine rings is 1. The van der Waals surface area contributed by atoms with Crippen LogP contribution in [0.5, 0.6) is 5.75 Å². The van der Waals surface area contributed by atoms with E-state index in [1.165, 1.54) is 0 Å². The maximum atomic E-state index is 12.6. The van der Waals surface area contributed by atoms with Crippen molar-refractivity contribution in [2.45, 2.75) is 26.4 Å². The molecule has 0 bridgehead atoms. The van der Waals surface area contributed by atoms with E-state index in [0.29, 0.717) is 26.1 Å². The number of rotatable bonds is 4. The maximum Gasteiger partial charge on any atom is 0.227 e. The number of carbonyl (C=O) groups is 1. The highest BCUT2D eigenvalue weighted by molar-refractivity contribution is 5.79. The number of amides is 1. The number of aromatic nitrogens is 2. The van der Waals surface area contributed by atoms with Crippen molar-refractivity contribution in [1.29, 1.82) is 0 Å². The maximum absolute atomic E-state index is 12.6. The minimum Gasteiger partial charge on any atom is -0.497 e. The number of benzene rings is 1. The predicted octanol–water partition coefficient (Wildman–Crippen LogP) is 2.24. The molecule has 0 radical (unpaired) electrons. The van der Waals surface area contributed by atoms with E-state index >= 15 is 0 Å². The van der Waals surface area contributed by atoms with Crippen LogP contribution in [0.1, 0.15) is 28.9 Å². The Kier molecular flexibility index (Phi) is 5.28. The summed E-state index contributed by atoms with van der Waals surface area (Å²) in [4.78, 5) is 23.3. The van der Waals surface area contributed by atoms with Crippen LogP contribution in [0.2, 0.25) is 0 Å². The van der Waals surface area contributed by atoms with Crippen molar-refractivity contribution in [3.8, 4) is 5.75 Å². The second-order valence-corrected chi connectivity index (χ2v) is 6.21. The SMILES string of the molecule is COc1ccc(CC(=O)N2CCO[C@@H](c3cc(C)nc(C)n3)C2)cc1. The molecule has 0 N–H and O–H groups in total. The van der Waals surface area contributed by atoms with Gasteiger partial charge in [0.1, 0.15) is 17.7 Å². The average molecular weight is 341 g/mol. The van der Waals surface area contributed by atoms with Crippen molar-refractivity contribution in [3.05, 3.63) is 53.1 Å². The lowest BCUT2D eigenvalue weighted by molar-refractivity contribution is -0.138. The van der Waals surface area contributed by atoms with Crippen LogP contribution >= 0.6 is 0 Å². The van der Waals surface area contributed by atoms with Crippen LogP contribution in [0.25, 0.3) is 0 Å². The summed E-state index contributed by atoms with van der Waals surface area (Å²) in [6, 6.07) is 9.51. The molecule has 132 valence electrons. The Morgan fingerprint density at radius 1 is 1.28 bits per heavy atom. The second-order valence-electron chi connectivity index (χ2n) is 6.21. The summed E-state index contributed by atoms with van der Waals surface area (Å²) in [6.45, 7) is 5.44. The highest BCUT2D eigenvalue weighted by Gasteiger charge is 2.26. The number of carbonyl (C=O) groups excluding carboxylic acids is 1. The summed E-state index contributed by atoms with van der Waals surface area (Å²) < 4.78 is 11.0. The van der Waals surface area contributed by atoms with Gasteiger partial charge in [0, 0.05) is 12.2 Å². The molecule has 2 aromatic rings. The van der Waals surface area contributed by atoms with E-state index in [9.17, 15) is 4.79 Å². The fourth-order valence-corrected chi connectivity index (χ4v) is 3.00. The zero-order valence-corrected chi connectivity index (χ0v) is 14.9. The van der Waals surface area contributed by atoms with Crippen LogP contribution in [0, 0.1) is 13.8 Å². The first-order chi connectivity index (χ1) is 12.0. The van der Waals surface area contributed by atoms with E-state index in [1.54, 1.807) is 7.11 Å². The standard InChI is InChI=1S/C19H23N3O3/c1-13-10-17(21-14(2)20-13)18-12-22(8-9-25-18)19(23)11-15-4-6-16(24-3)7-5-15/h4-7,10,18H,8-9,11-12H2,1-3H3/t18-/m1/s1. The minimum absolute atomic E-state index is 0.0981. The van der Waals surface area contributed by atoms with Gasteiger partial charge in [0.15, 0.2) is 0 Å². The van der Waals surface area contributed by atoms with Crippen molar-refractivity contribution in [2.75, 3.05) is 26.8 Å². The number of hydrogen-bond acceptors (Lipinski definition) is 5. The minimum atomic E-state index is -0.200. The van der Waals surface area contributed by atoms with Gasteiger partial charge in [-0.2, -0.15) is 0 Å². The highest BCUT2D eigenvalue weighted by Crippen LogP contribution is 2.22. The van der Waals surface area contributed by atoms with Crippen LogP contribution in [-0.2, 0) is 16.0 Å². The van der Waals surface area contributed by atoms with Gasteiger partial charge in [0.25, 0.3) is 0 Å². The van der Waals surface area contributed by atoms with Gasteiger partial charge in [-0.15, -0.1) is 0 Å². The first-order valence-corrected chi connectivity index (χ1v) is 8.39. The Morgan fingerprint density at radius 2 is 2.04 bits per heavy atom. The van der Waals surface area contributed by atoms with Crippen molar-refractivity contribution < 1.29 is 14.3 Å². The summed E-state index contributed by atoms with van der Waals surface area (Å²) in [5, 5.41) is 0. The summed E-state index contributed by atoms with van der Waals surface area (Å²) in [7, 11) is 1.63. The molecule has 3 rings (SSSR count). The van der Waals surface area contributed by atoms with Crippen molar-refractivity contribution in [2.24, 2.45) is 0 Å².